The molecular formula is C11H15N5O3. The first-order chi connectivity index (χ1) is 9.15. The van der Waals surface area contributed by atoms with Crippen molar-refractivity contribution < 1.29 is 14.4 Å². The second-order valence-corrected chi connectivity index (χ2v) is 4.19. The van der Waals surface area contributed by atoms with Gasteiger partial charge in [-0.25, -0.2) is 4.79 Å². The van der Waals surface area contributed by atoms with Crippen molar-refractivity contribution in [2.45, 2.75) is 25.4 Å². The molecule has 1 aromatic rings. The summed E-state index contributed by atoms with van der Waals surface area (Å²) >= 11 is 0. The van der Waals surface area contributed by atoms with E-state index < -0.39 is 18.0 Å². The van der Waals surface area contributed by atoms with Gasteiger partial charge in [-0.1, -0.05) is 0 Å². The minimum Gasteiger partial charge on any atom is -0.356 e. The van der Waals surface area contributed by atoms with Gasteiger partial charge in [0.2, 0.25) is 5.91 Å². The van der Waals surface area contributed by atoms with Crippen molar-refractivity contribution in [1.82, 2.24) is 25.7 Å². The van der Waals surface area contributed by atoms with E-state index in [0.717, 1.165) is 6.42 Å². The molecule has 2 rings (SSSR count). The van der Waals surface area contributed by atoms with Crippen LogP contribution in [-0.4, -0.2) is 40.2 Å². The summed E-state index contributed by atoms with van der Waals surface area (Å²) in [5.41, 5.74) is 0. The molecule has 0 unspecified atom stereocenters. The molecule has 8 nitrogen and oxygen atoms in total. The lowest BCUT2D eigenvalue weighted by Gasteiger charge is -2.08. The van der Waals surface area contributed by atoms with Crippen molar-refractivity contribution in [3.63, 3.8) is 0 Å². The number of amides is 4. The molecule has 0 spiro atoms. The third-order valence-electron chi connectivity index (χ3n) is 2.69. The van der Waals surface area contributed by atoms with Crippen LogP contribution in [-0.2, 0) is 16.1 Å². The lowest BCUT2D eigenvalue weighted by atomic mass is 10.2. The molecule has 19 heavy (non-hydrogen) atoms. The van der Waals surface area contributed by atoms with Gasteiger partial charge in [-0.15, -0.1) is 0 Å². The molecule has 3 N–H and O–H groups in total. The monoisotopic (exact) mass is 265 g/mol. The van der Waals surface area contributed by atoms with Crippen LogP contribution in [0.15, 0.2) is 18.5 Å². The topological polar surface area (TPSA) is 105 Å². The van der Waals surface area contributed by atoms with Crippen LogP contribution in [0.2, 0.25) is 0 Å². The minimum atomic E-state index is -0.765. The Labute approximate surface area is 109 Å². The lowest BCUT2D eigenvalue weighted by molar-refractivity contribution is -0.126. The van der Waals surface area contributed by atoms with Crippen LogP contribution < -0.4 is 16.0 Å². The van der Waals surface area contributed by atoms with E-state index >= 15 is 0 Å². The van der Waals surface area contributed by atoms with Crippen molar-refractivity contribution in [2.75, 3.05) is 6.54 Å². The van der Waals surface area contributed by atoms with E-state index in [1.807, 2.05) is 12.3 Å². The van der Waals surface area contributed by atoms with E-state index in [-0.39, 0.29) is 12.3 Å². The zero-order valence-corrected chi connectivity index (χ0v) is 10.3. The molecule has 8 heteroatoms. The van der Waals surface area contributed by atoms with Crippen LogP contribution >= 0.6 is 0 Å². The van der Waals surface area contributed by atoms with Crippen molar-refractivity contribution in [3.8, 4) is 0 Å². The number of imide groups is 1. The van der Waals surface area contributed by atoms with Crippen molar-refractivity contribution in [3.05, 3.63) is 18.5 Å². The Morgan fingerprint density at radius 2 is 2.32 bits per heavy atom. The fraction of sp³-hybridized carbons (Fsp3) is 0.455. The average molecular weight is 265 g/mol. The summed E-state index contributed by atoms with van der Waals surface area (Å²) in [4.78, 5) is 33.6. The Morgan fingerprint density at radius 1 is 1.47 bits per heavy atom. The summed E-state index contributed by atoms with van der Waals surface area (Å²) in [5.74, 6) is -0.723. The summed E-state index contributed by atoms with van der Waals surface area (Å²) in [6, 6.07) is 0.514. The molecule has 1 aliphatic rings. The molecule has 1 aromatic heterocycles. The van der Waals surface area contributed by atoms with Gasteiger partial charge < -0.3 is 10.6 Å². The summed E-state index contributed by atoms with van der Waals surface area (Å²) in [6.45, 7) is 1.22. The first kappa shape index (κ1) is 13.1. The largest absolute Gasteiger partial charge is 0.356 e. The van der Waals surface area contributed by atoms with E-state index in [4.69, 9.17) is 0 Å². The predicted molar refractivity (Wildman–Crippen MR) is 64.9 cm³/mol. The second kappa shape index (κ2) is 5.98. The molecule has 1 saturated heterocycles. The molecule has 1 aliphatic heterocycles. The highest BCUT2D eigenvalue weighted by atomic mass is 16.2. The Morgan fingerprint density at radius 3 is 2.95 bits per heavy atom. The molecule has 4 amide bonds. The maximum atomic E-state index is 11.5. The lowest BCUT2D eigenvalue weighted by Crippen LogP contribution is -2.36. The van der Waals surface area contributed by atoms with Gasteiger partial charge in [-0.2, -0.15) is 5.10 Å². The van der Waals surface area contributed by atoms with Crippen LogP contribution in [0, 0.1) is 0 Å². The quantitative estimate of drug-likeness (QED) is 0.452. The van der Waals surface area contributed by atoms with Gasteiger partial charge in [-0.3, -0.25) is 19.6 Å². The first-order valence-corrected chi connectivity index (χ1v) is 6.00. The minimum absolute atomic E-state index is 0.0423. The van der Waals surface area contributed by atoms with E-state index in [0.29, 0.717) is 13.1 Å². The number of hydrogen-bond acceptors (Lipinski definition) is 4. The van der Waals surface area contributed by atoms with Crippen molar-refractivity contribution in [1.29, 1.82) is 0 Å². The number of nitrogens with one attached hydrogen (secondary N) is 3. The van der Waals surface area contributed by atoms with E-state index in [2.05, 4.69) is 21.0 Å². The number of carbonyl (C=O) groups excluding carboxylic acids is 3. The average Bonchev–Trinajstić information content (AvgIpc) is 2.96. The fourth-order valence-electron chi connectivity index (χ4n) is 1.76. The molecule has 1 fully saturated rings. The van der Waals surface area contributed by atoms with Gasteiger partial charge in [0, 0.05) is 25.5 Å². The highest BCUT2D eigenvalue weighted by Crippen LogP contribution is 1.98. The van der Waals surface area contributed by atoms with Gasteiger partial charge in [0.05, 0.1) is 6.42 Å². The van der Waals surface area contributed by atoms with Gasteiger partial charge in [-0.05, 0) is 12.5 Å². The highest BCUT2D eigenvalue weighted by Gasteiger charge is 2.30. The number of nitrogens with zero attached hydrogens (tertiary/aromatic N) is 2. The van der Waals surface area contributed by atoms with Crippen LogP contribution in [0.1, 0.15) is 12.8 Å². The van der Waals surface area contributed by atoms with Gasteiger partial charge in [0.1, 0.15) is 6.04 Å². The Hall–Kier alpha value is -2.38. The molecule has 0 bridgehead atoms. The maximum absolute atomic E-state index is 11.5. The molecular weight excluding hydrogens is 250 g/mol. The van der Waals surface area contributed by atoms with Gasteiger partial charge >= 0.3 is 6.03 Å². The number of aryl methyl sites for hydroxylation is 1. The molecule has 2 heterocycles. The molecule has 0 radical (unpaired) electrons. The normalized spacial score (nSPS) is 18.0. The standard InChI is InChI=1S/C11H15N5O3/c17-9(7-8-10(18)15-11(19)14-8)12-3-1-5-16-6-2-4-13-16/h2,4,6,8H,1,3,5,7H2,(H,12,17)(H2,14,15,18,19)/t8-/m0/s1. The first-order valence-electron chi connectivity index (χ1n) is 6.00. The third kappa shape index (κ3) is 3.80. The summed E-state index contributed by atoms with van der Waals surface area (Å²) in [6.07, 6.45) is 4.25. The third-order valence-corrected chi connectivity index (χ3v) is 2.69. The second-order valence-electron chi connectivity index (χ2n) is 4.19. The summed E-state index contributed by atoms with van der Waals surface area (Å²) < 4.78 is 1.77. The van der Waals surface area contributed by atoms with E-state index in [1.54, 1.807) is 10.9 Å². The highest BCUT2D eigenvalue weighted by molar-refractivity contribution is 6.05. The summed E-state index contributed by atoms with van der Waals surface area (Å²) in [5, 5.41) is 11.2. The molecule has 102 valence electrons. The maximum Gasteiger partial charge on any atom is 0.322 e. The van der Waals surface area contributed by atoms with Crippen molar-refractivity contribution >= 4 is 17.8 Å². The van der Waals surface area contributed by atoms with Gasteiger partial charge in [0.25, 0.3) is 5.91 Å². The van der Waals surface area contributed by atoms with Crippen LogP contribution in [0.25, 0.3) is 0 Å². The number of hydrogen-bond donors (Lipinski definition) is 3. The number of urea groups is 1. The Bertz CT molecular complexity index is 471. The Kier molecular flexibility index (Phi) is 4.11. The molecule has 0 aliphatic carbocycles. The van der Waals surface area contributed by atoms with Crippen LogP contribution in [0.3, 0.4) is 0 Å². The predicted octanol–water partition coefficient (Wildman–Crippen LogP) is -1.01. The van der Waals surface area contributed by atoms with Crippen molar-refractivity contribution in [2.24, 2.45) is 0 Å². The molecule has 1 atom stereocenters. The fourth-order valence-corrected chi connectivity index (χ4v) is 1.76. The van der Waals surface area contributed by atoms with E-state index in [1.165, 1.54) is 0 Å². The SMILES string of the molecule is O=C(C[C@@H]1NC(=O)NC1=O)NCCCn1cccn1. The zero-order chi connectivity index (χ0) is 13.7. The molecule has 0 aromatic carbocycles. The number of rotatable bonds is 6. The molecule has 0 saturated carbocycles. The number of carbonyl (C=O) groups is 3. The number of aromatic nitrogens is 2. The van der Waals surface area contributed by atoms with E-state index in [9.17, 15) is 14.4 Å². The van der Waals surface area contributed by atoms with Gasteiger partial charge in [0.15, 0.2) is 0 Å². The summed E-state index contributed by atoms with van der Waals surface area (Å²) in [7, 11) is 0. The van der Waals surface area contributed by atoms with Crippen LogP contribution in [0.5, 0.6) is 0 Å². The van der Waals surface area contributed by atoms with Crippen LogP contribution in [0.4, 0.5) is 4.79 Å². The smallest absolute Gasteiger partial charge is 0.322 e. The zero-order valence-electron chi connectivity index (χ0n) is 10.3. The Balaban J connectivity index is 1.62.